The first-order valence-corrected chi connectivity index (χ1v) is 21.7. The molecule has 0 saturated carbocycles. The number of hydrogen-bond donors (Lipinski definition) is 0. The number of carbonyl (C=O) groups is 1. The van der Waals surface area contributed by atoms with Crippen LogP contribution < -0.4 is 14.5 Å². The Labute approximate surface area is 377 Å². The van der Waals surface area contributed by atoms with Gasteiger partial charge < -0.3 is 19.0 Å². The van der Waals surface area contributed by atoms with E-state index in [4.69, 9.17) is 9.15 Å². The van der Waals surface area contributed by atoms with Crippen LogP contribution in [0.15, 0.2) is 241 Å². The molecule has 0 amide bonds. The Hall–Kier alpha value is -8.67. The largest absolute Gasteiger partial charge is 0.455 e. The van der Waals surface area contributed by atoms with Crippen LogP contribution in [0, 0.1) is 0 Å². The van der Waals surface area contributed by atoms with Gasteiger partial charge in [-0.2, -0.15) is 0 Å². The van der Waals surface area contributed by atoms with E-state index in [2.05, 4.69) is 204 Å². The van der Waals surface area contributed by atoms with Crippen molar-refractivity contribution in [3.8, 4) is 28.0 Å². The molecule has 0 aliphatic heterocycles. The molecule has 11 rings (SSSR count). The van der Waals surface area contributed by atoms with Crippen molar-refractivity contribution in [2.75, 3.05) is 9.80 Å². The van der Waals surface area contributed by atoms with Gasteiger partial charge in [0.15, 0.2) is 0 Å². The van der Waals surface area contributed by atoms with Crippen LogP contribution in [-0.4, -0.2) is 5.97 Å². The lowest BCUT2D eigenvalue weighted by atomic mass is 10.0. The van der Waals surface area contributed by atoms with Gasteiger partial charge in [-0.05, 0) is 113 Å². The number of nitrogens with zero attached hydrogens (tertiary/aromatic N) is 2. The third kappa shape index (κ3) is 7.35. The summed E-state index contributed by atoms with van der Waals surface area (Å²) in [5, 5.41) is 6.86. The number of anilines is 6. The van der Waals surface area contributed by atoms with Gasteiger partial charge in [-0.25, -0.2) is 4.79 Å². The molecular formula is C60H42N2O3. The van der Waals surface area contributed by atoms with Crippen molar-refractivity contribution in [1.82, 2.24) is 0 Å². The van der Waals surface area contributed by atoms with Gasteiger partial charge in [0.05, 0.1) is 11.4 Å². The van der Waals surface area contributed by atoms with Crippen molar-refractivity contribution in [3.05, 3.63) is 237 Å². The van der Waals surface area contributed by atoms with Crippen LogP contribution in [-0.2, 0) is 4.79 Å². The molecule has 65 heavy (non-hydrogen) atoms. The Kier molecular flexibility index (Phi) is 9.98. The predicted molar refractivity (Wildman–Crippen MR) is 269 cm³/mol. The zero-order chi connectivity index (χ0) is 43.9. The number of para-hydroxylation sites is 2. The topological polar surface area (TPSA) is 45.9 Å². The summed E-state index contributed by atoms with van der Waals surface area (Å²) >= 11 is 0. The van der Waals surface area contributed by atoms with Gasteiger partial charge in [0, 0.05) is 55.4 Å². The van der Waals surface area contributed by atoms with Crippen LogP contribution in [0.25, 0.3) is 65.7 Å². The fraction of sp³-hybridized carbons (Fsp3) is 0.0167. The van der Waals surface area contributed by atoms with Crippen molar-refractivity contribution >= 4 is 83.6 Å². The van der Waals surface area contributed by atoms with Crippen molar-refractivity contribution in [2.45, 2.75) is 6.92 Å². The van der Waals surface area contributed by atoms with Crippen molar-refractivity contribution in [1.29, 1.82) is 0 Å². The Balaban J connectivity index is 0.939. The average molecular weight is 839 g/mol. The minimum atomic E-state index is -0.448. The van der Waals surface area contributed by atoms with E-state index in [0.29, 0.717) is 11.3 Å². The van der Waals surface area contributed by atoms with Crippen LogP contribution in [0.5, 0.6) is 5.75 Å². The van der Waals surface area contributed by atoms with Crippen molar-refractivity contribution in [2.24, 2.45) is 0 Å². The zero-order valence-corrected chi connectivity index (χ0v) is 35.7. The summed E-state index contributed by atoms with van der Waals surface area (Å²) in [5.74, 6) is 0.0164. The normalized spacial score (nSPS) is 11.3. The minimum absolute atomic E-state index is 0.350. The van der Waals surface area contributed by atoms with E-state index in [1.54, 1.807) is 6.92 Å². The maximum absolute atomic E-state index is 12.3. The number of rotatable bonds is 10. The molecular weight excluding hydrogens is 797 g/mol. The molecule has 1 aromatic heterocycles. The molecule has 11 aromatic rings. The summed E-state index contributed by atoms with van der Waals surface area (Å²) in [5.41, 5.74) is 12.7. The lowest BCUT2D eigenvalue weighted by Crippen LogP contribution is -2.11. The maximum atomic E-state index is 12.3. The molecule has 310 valence electrons. The van der Waals surface area contributed by atoms with E-state index in [-0.39, 0.29) is 0 Å². The Morgan fingerprint density at radius 3 is 1.37 bits per heavy atom. The summed E-state index contributed by atoms with van der Waals surface area (Å²) in [6.45, 7) is 5.36. The molecule has 5 heteroatoms. The van der Waals surface area contributed by atoms with Gasteiger partial charge in [0.2, 0.25) is 0 Å². The summed E-state index contributed by atoms with van der Waals surface area (Å²) in [4.78, 5) is 16.9. The standard InChI is InChI=1S/C60H42N2O3/c1-40(2)60(63)64-50-38-36-49(37-39-50)62(57-22-10-15-44-13-4-6-17-52(44)57)47-32-26-42(27-33-47)41-24-30-46(31-25-41)61(56-21-9-14-43-12-3-5-16-51(43)56)48-34-28-45(29-35-48)53-19-11-20-55-54-18-7-8-23-58(54)65-59(53)55/h3-39H,1H2,2H3. The van der Waals surface area contributed by atoms with Crippen molar-refractivity contribution in [3.63, 3.8) is 0 Å². The third-order valence-electron chi connectivity index (χ3n) is 12.1. The molecule has 0 spiro atoms. The van der Waals surface area contributed by atoms with Gasteiger partial charge >= 0.3 is 5.97 Å². The molecule has 0 N–H and O–H groups in total. The number of benzene rings is 10. The number of hydrogen-bond acceptors (Lipinski definition) is 5. The second-order valence-corrected chi connectivity index (χ2v) is 16.3. The molecule has 1 heterocycles. The van der Waals surface area contributed by atoms with E-state index in [1.165, 1.54) is 10.8 Å². The monoisotopic (exact) mass is 838 g/mol. The molecule has 0 aliphatic carbocycles. The molecule has 0 saturated heterocycles. The van der Waals surface area contributed by atoms with E-state index in [0.717, 1.165) is 89.1 Å². The molecule has 0 fully saturated rings. The molecule has 0 bridgehead atoms. The summed E-state index contributed by atoms with van der Waals surface area (Å²) in [6.07, 6.45) is 0. The third-order valence-corrected chi connectivity index (χ3v) is 12.1. The molecule has 0 radical (unpaired) electrons. The highest BCUT2D eigenvalue weighted by Crippen LogP contribution is 2.43. The second kappa shape index (κ2) is 16.6. The molecule has 5 nitrogen and oxygen atoms in total. The minimum Gasteiger partial charge on any atom is -0.455 e. The number of ether oxygens (including phenoxy) is 1. The number of fused-ring (bicyclic) bond motifs is 5. The van der Waals surface area contributed by atoms with Gasteiger partial charge in [-0.15, -0.1) is 0 Å². The van der Waals surface area contributed by atoms with E-state index in [1.807, 2.05) is 36.4 Å². The van der Waals surface area contributed by atoms with Crippen LogP contribution in [0.3, 0.4) is 0 Å². The lowest BCUT2D eigenvalue weighted by Gasteiger charge is -2.27. The van der Waals surface area contributed by atoms with Gasteiger partial charge in [0.1, 0.15) is 16.9 Å². The first kappa shape index (κ1) is 39.2. The number of furan rings is 1. The fourth-order valence-electron chi connectivity index (χ4n) is 8.89. The highest BCUT2D eigenvalue weighted by molar-refractivity contribution is 6.09. The Morgan fingerprint density at radius 2 is 0.846 bits per heavy atom. The lowest BCUT2D eigenvalue weighted by molar-refractivity contribution is -0.130. The Morgan fingerprint density at radius 1 is 0.431 bits per heavy atom. The fourth-order valence-corrected chi connectivity index (χ4v) is 8.89. The Bertz CT molecular complexity index is 3540. The zero-order valence-electron chi connectivity index (χ0n) is 35.7. The second-order valence-electron chi connectivity index (χ2n) is 16.3. The van der Waals surface area contributed by atoms with Crippen LogP contribution >= 0.6 is 0 Å². The summed E-state index contributed by atoms with van der Waals surface area (Å²) in [6, 6.07) is 78.3. The maximum Gasteiger partial charge on any atom is 0.338 e. The van der Waals surface area contributed by atoms with Crippen LogP contribution in [0.1, 0.15) is 6.92 Å². The number of carbonyl (C=O) groups excluding carboxylic acids is 1. The van der Waals surface area contributed by atoms with Gasteiger partial charge in [0.25, 0.3) is 0 Å². The quantitative estimate of drug-likeness (QED) is 0.0780. The van der Waals surface area contributed by atoms with Crippen molar-refractivity contribution < 1.29 is 13.9 Å². The average Bonchev–Trinajstić information content (AvgIpc) is 3.75. The first-order valence-electron chi connectivity index (χ1n) is 21.7. The SMILES string of the molecule is C=C(C)C(=O)Oc1ccc(N(c2ccc(-c3ccc(N(c4ccc(-c5cccc6c5oc5ccccc56)cc4)c4cccc5ccccc45)cc3)cc2)c2cccc3ccccc23)cc1. The van der Waals surface area contributed by atoms with Crippen LogP contribution in [0.4, 0.5) is 34.1 Å². The smallest absolute Gasteiger partial charge is 0.338 e. The first-order chi connectivity index (χ1) is 32.0. The summed E-state index contributed by atoms with van der Waals surface area (Å²) < 4.78 is 11.9. The van der Waals surface area contributed by atoms with Gasteiger partial charge in [-0.3, -0.25) is 0 Å². The van der Waals surface area contributed by atoms with Gasteiger partial charge in [-0.1, -0.05) is 152 Å². The van der Waals surface area contributed by atoms with Crippen LogP contribution in [0.2, 0.25) is 0 Å². The predicted octanol–water partition coefficient (Wildman–Crippen LogP) is 16.6. The molecule has 0 unspecified atom stereocenters. The van der Waals surface area contributed by atoms with E-state index < -0.39 is 5.97 Å². The molecule has 0 atom stereocenters. The number of esters is 1. The summed E-state index contributed by atoms with van der Waals surface area (Å²) in [7, 11) is 0. The highest BCUT2D eigenvalue weighted by atomic mass is 16.5. The van der Waals surface area contributed by atoms with E-state index in [9.17, 15) is 4.79 Å². The molecule has 10 aromatic carbocycles. The van der Waals surface area contributed by atoms with E-state index >= 15 is 0 Å². The highest BCUT2D eigenvalue weighted by Gasteiger charge is 2.19. The molecule has 0 aliphatic rings.